The van der Waals surface area contributed by atoms with E-state index in [1.165, 1.54) is 0 Å². The van der Waals surface area contributed by atoms with Gasteiger partial charge in [0.15, 0.2) is 11.5 Å². The first-order valence-electron chi connectivity index (χ1n) is 6.34. The van der Waals surface area contributed by atoms with Crippen LogP contribution in [0.3, 0.4) is 0 Å². The molecule has 5 heteroatoms. The molecule has 0 spiro atoms. The van der Waals surface area contributed by atoms with E-state index in [1.54, 1.807) is 12.0 Å². The van der Waals surface area contributed by atoms with E-state index in [0.717, 1.165) is 5.69 Å². The van der Waals surface area contributed by atoms with Crippen molar-refractivity contribution in [3.63, 3.8) is 0 Å². The highest BCUT2D eigenvalue weighted by atomic mass is 16.5. The van der Waals surface area contributed by atoms with Crippen LogP contribution in [0.2, 0.25) is 0 Å². The average molecular weight is 265 g/mol. The lowest BCUT2D eigenvalue weighted by Crippen LogP contribution is -2.41. The Morgan fingerprint density at radius 1 is 1.32 bits per heavy atom. The summed E-state index contributed by atoms with van der Waals surface area (Å²) in [5.74, 6) is 1.28. The van der Waals surface area contributed by atoms with Gasteiger partial charge in [-0.3, -0.25) is 4.79 Å². The van der Waals surface area contributed by atoms with Crippen molar-refractivity contribution in [2.75, 3.05) is 31.8 Å². The van der Waals surface area contributed by atoms with Gasteiger partial charge in [-0.1, -0.05) is 0 Å². The number of nitrogens with zero attached hydrogens (tertiary/aromatic N) is 1. The summed E-state index contributed by atoms with van der Waals surface area (Å²) in [6.45, 7) is 5.15. The minimum atomic E-state index is -0.0353. The van der Waals surface area contributed by atoms with E-state index < -0.39 is 0 Å². The standard InChI is InChI=1S/C14H19NO4/c1-10(2)19-13-8-11(4-5-12(13)17-3)15-6-7-18-9-14(15)16/h4-5,8,10H,6-7,9H2,1-3H3. The molecule has 0 atom stereocenters. The molecule has 104 valence electrons. The molecule has 1 amide bonds. The minimum absolute atomic E-state index is 0.0353. The van der Waals surface area contributed by atoms with Crippen LogP contribution in [0.4, 0.5) is 5.69 Å². The van der Waals surface area contributed by atoms with Gasteiger partial charge in [0, 0.05) is 18.3 Å². The van der Waals surface area contributed by atoms with Crippen LogP contribution in [0.5, 0.6) is 11.5 Å². The fraction of sp³-hybridized carbons (Fsp3) is 0.500. The van der Waals surface area contributed by atoms with E-state index in [9.17, 15) is 4.79 Å². The maximum absolute atomic E-state index is 11.8. The lowest BCUT2D eigenvalue weighted by molar-refractivity contribution is -0.125. The Balaban J connectivity index is 2.28. The van der Waals surface area contributed by atoms with Crippen molar-refractivity contribution >= 4 is 11.6 Å². The number of hydrogen-bond acceptors (Lipinski definition) is 4. The topological polar surface area (TPSA) is 48.0 Å². The third-order valence-corrected chi connectivity index (χ3v) is 2.81. The van der Waals surface area contributed by atoms with Crippen molar-refractivity contribution in [1.29, 1.82) is 0 Å². The summed E-state index contributed by atoms with van der Waals surface area (Å²) in [5, 5.41) is 0. The first kappa shape index (κ1) is 13.7. The van der Waals surface area contributed by atoms with Gasteiger partial charge in [-0.15, -0.1) is 0 Å². The van der Waals surface area contributed by atoms with Crippen LogP contribution in [0.15, 0.2) is 18.2 Å². The molecule has 1 fully saturated rings. The highest BCUT2D eigenvalue weighted by Gasteiger charge is 2.21. The number of methoxy groups -OCH3 is 1. The fourth-order valence-electron chi connectivity index (χ4n) is 1.97. The fourth-order valence-corrected chi connectivity index (χ4v) is 1.97. The van der Waals surface area contributed by atoms with Crippen LogP contribution in [0.25, 0.3) is 0 Å². The van der Waals surface area contributed by atoms with Gasteiger partial charge in [0.1, 0.15) is 6.61 Å². The van der Waals surface area contributed by atoms with Crippen molar-refractivity contribution in [3.05, 3.63) is 18.2 Å². The molecule has 19 heavy (non-hydrogen) atoms. The summed E-state index contributed by atoms with van der Waals surface area (Å²) in [6.07, 6.45) is 0.0459. The van der Waals surface area contributed by atoms with E-state index in [-0.39, 0.29) is 18.6 Å². The van der Waals surface area contributed by atoms with Gasteiger partial charge in [0.25, 0.3) is 5.91 Å². The Hall–Kier alpha value is -1.75. The minimum Gasteiger partial charge on any atom is -0.493 e. The second-order valence-corrected chi connectivity index (χ2v) is 4.60. The van der Waals surface area contributed by atoms with Gasteiger partial charge in [0.05, 0.1) is 19.8 Å². The first-order chi connectivity index (χ1) is 9.11. The van der Waals surface area contributed by atoms with Crippen LogP contribution >= 0.6 is 0 Å². The van der Waals surface area contributed by atoms with Crippen LogP contribution in [-0.2, 0) is 9.53 Å². The number of carbonyl (C=O) groups is 1. The molecule has 0 radical (unpaired) electrons. The lowest BCUT2D eigenvalue weighted by Gasteiger charge is -2.27. The monoisotopic (exact) mass is 265 g/mol. The van der Waals surface area contributed by atoms with Crippen molar-refractivity contribution in [1.82, 2.24) is 0 Å². The number of hydrogen-bond donors (Lipinski definition) is 0. The Morgan fingerprint density at radius 2 is 2.11 bits per heavy atom. The Bertz CT molecular complexity index is 459. The molecular formula is C14H19NO4. The molecule has 0 saturated carbocycles. The molecule has 1 aromatic carbocycles. The van der Waals surface area contributed by atoms with Gasteiger partial charge < -0.3 is 19.1 Å². The number of anilines is 1. The van der Waals surface area contributed by atoms with E-state index in [0.29, 0.717) is 24.7 Å². The highest BCUT2D eigenvalue weighted by Crippen LogP contribution is 2.33. The number of rotatable bonds is 4. The van der Waals surface area contributed by atoms with Crippen molar-refractivity contribution < 1.29 is 19.0 Å². The molecule has 2 rings (SSSR count). The smallest absolute Gasteiger partial charge is 0.253 e. The van der Waals surface area contributed by atoms with Gasteiger partial charge in [-0.2, -0.15) is 0 Å². The molecule has 0 bridgehead atoms. The number of ether oxygens (including phenoxy) is 3. The number of benzene rings is 1. The summed E-state index contributed by atoms with van der Waals surface area (Å²) in [5.41, 5.74) is 0.810. The Kier molecular flexibility index (Phi) is 4.27. The van der Waals surface area contributed by atoms with Crippen molar-refractivity contribution in [2.24, 2.45) is 0 Å². The Labute approximate surface area is 113 Å². The van der Waals surface area contributed by atoms with Crippen LogP contribution in [-0.4, -0.2) is 38.9 Å². The summed E-state index contributed by atoms with van der Waals surface area (Å²) >= 11 is 0. The zero-order valence-electron chi connectivity index (χ0n) is 11.5. The van der Waals surface area contributed by atoms with Crippen LogP contribution in [0, 0.1) is 0 Å². The molecule has 0 aliphatic carbocycles. The van der Waals surface area contributed by atoms with E-state index in [2.05, 4.69) is 0 Å². The maximum atomic E-state index is 11.8. The second kappa shape index (κ2) is 5.93. The summed E-state index contributed by atoms with van der Waals surface area (Å²) < 4.78 is 16.1. The molecule has 0 aromatic heterocycles. The molecule has 1 saturated heterocycles. The molecule has 5 nitrogen and oxygen atoms in total. The average Bonchev–Trinajstić information content (AvgIpc) is 2.38. The molecule has 1 aliphatic heterocycles. The quantitative estimate of drug-likeness (QED) is 0.833. The molecule has 1 aromatic rings. The maximum Gasteiger partial charge on any atom is 0.253 e. The van der Waals surface area contributed by atoms with E-state index in [4.69, 9.17) is 14.2 Å². The predicted octanol–water partition coefficient (Wildman–Crippen LogP) is 1.85. The SMILES string of the molecule is COc1ccc(N2CCOCC2=O)cc1OC(C)C. The normalized spacial score (nSPS) is 15.8. The molecular weight excluding hydrogens is 246 g/mol. The zero-order chi connectivity index (χ0) is 13.8. The second-order valence-electron chi connectivity index (χ2n) is 4.60. The third-order valence-electron chi connectivity index (χ3n) is 2.81. The van der Waals surface area contributed by atoms with E-state index >= 15 is 0 Å². The summed E-state index contributed by atoms with van der Waals surface area (Å²) in [7, 11) is 1.60. The van der Waals surface area contributed by atoms with Crippen molar-refractivity contribution in [2.45, 2.75) is 20.0 Å². The van der Waals surface area contributed by atoms with Crippen LogP contribution in [0.1, 0.15) is 13.8 Å². The lowest BCUT2D eigenvalue weighted by atomic mass is 10.2. The van der Waals surface area contributed by atoms with Crippen molar-refractivity contribution in [3.8, 4) is 11.5 Å². The molecule has 0 N–H and O–H groups in total. The summed E-state index contributed by atoms with van der Waals surface area (Å²) in [4.78, 5) is 13.5. The third kappa shape index (κ3) is 3.17. The van der Waals surface area contributed by atoms with Gasteiger partial charge >= 0.3 is 0 Å². The zero-order valence-corrected chi connectivity index (χ0v) is 11.5. The van der Waals surface area contributed by atoms with Crippen LogP contribution < -0.4 is 14.4 Å². The number of morpholine rings is 1. The predicted molar refractivity (Wildman–Crippen MR) is 71.9 cm³/mol. The largest absolute Gasteiger partial charge is 0.493 e. The Morgan fingerprint density at radius 3 is 2.74 bits per heavy atom. The highest BCUT2D eigenvalue weighted by molar-refractivity contribution is 5.95. The number of carbonyl (C=O) groups excluding carboxylic acids is 1. The summed E-state index contributed by atoms with van der Waals surface area (Å²) in [6, 6.07) is 5.51. The first-order valence-corrected chi connectivity index (χ1v) is 6.34. The number of amides is 1. The van der Waals surface area contributed by atoms with E-state index in [1.807, 2.05) is 32.0 Å². The molecule has 1 heterocycles. The molecule has 0 unspecified atom stereocenters. The molecule has 1 aliphatic rings. The van der Waals surface area contributed by atoms with Gasteiger partial charge in [-0.05, 0) is 26.0 Å². The van der Waals surface area contributed by atoms with Gasteiger partial charge in [-0.25, -0.2) is 0 Å². The van der Waals surface area contributed by atoms with Gasteiger partial charge in [0.2, 0.25) is 0 Å².